The van der Waals surface area contributed by atoms with Crippen molar-refractivity contribution in [1.29, 1.82) is 0 Å². The standard InChI is InChI=1S/C29H34N6O5/c1-2-39-29(38)34-17-15-33(16-18-34)28(37)22-10-8-9-21(19-22)26-30-27(32-31-26)24-13-6-7-14-35(24)25(36)20-40-23-11-4-3-5-12-23/h3-5,8-12,19,24H,2,6-7,13-18,20H2,1H3,(H,30,31,32). The number of amides is 3. The zero-order valence-corrected chi connectivity index (χ0v) is 22.6. The third-order valence-corrected chi connectivity index (χ3v) is 7.21. The number of carbonyl (C=O) groups excluding carboxylic acids is 3. The molecule has 11 heteroatoms. The van der Waals surface area contributed by atoms with Gasteiger partial charge in [0.05, 0.1) is 12.6 Å². The maximum absolute atomic E-state index is 13.2. The maximum Gasteiger partial charge on any atom is 0.409 e. The summed E-state index contributed by atoms with van der Waals surface area (Å²) in [6, 6.07) is 16.3. The summed E-state index contributed by atoms with van der Waals surface area (Å²) in [5, 5.41) is 7.45. The highest BCUT2D eigenvalue weighted by atomic mass is 16.6. The number of aromatic amines is 1. The van der Waals surface area contributed by atoms with Gasteiger partial charge in [-0.25, -0.2) is 9.78 Å². The van der Waals surface area contributed by atoms with Crippen molar-refractivity contribution in [3.63, 3.8) is 0 Å². The number of benzene rings is 2. The van der Waals surface area contributed by atoms with Gasteiger partial charge in [-0.15, -0.1) is 0 Å². The Morgan fingerprint density at radius 3 is 2.50 bits per heavy atom. The third kappa shape index (κ3) is 6.24. The molecular weight excluding hydrogens is 512 g/mol. The zero-order valence-electron chi connectivity index (χ0n) is 22.6. The van der Waals surface area contributed by atoms with Crippen molar-refractivity contribution >= 4 is 17.9 Å². The van der Waals surface area contributed by atoms with Crippen molar-refractivity contribution in [3.05, 3.63) is 66.0 Å². The van der Waals surface area contributed by atoms with E-state index in [1.807, 2.05) is 47.4 Å². The number of nitrogens with zero attached hydrogens (tertiary/aromatic N) is 5. The Morgan fingerprint density at radius 1 is 0.950 bits per heavy atom. The van der Waals surface area contributed by atoms with Gasteiger partial charge < -0.3 is 24.2 Å². The fourth-order valence-corrected chi connectivity index (χ4v) is 5.09. The molecule has 210 valence electrons. The van der Waals surface area contributed by atoms with Crippen molar-refractivity contribution in [2.24, 2.45) is 0 Å². The monoisotopic (exact) mass is 546 g/mol. The lowest BCUT2D eigenvalue weighted by Gasteiger charge is -2.34. The summed E-state index contributed by atoms with van der Waals surface area (Å²) in [4.78, 5) is 48.1. The van der Waals surface area contributed by atoms with Gasteiger partial charge in [0.25, 0.3) is 11.8 Å². The second-order valence-electron chi connectivity index (χ2n) is 9.80. The lowest BCUT2D eigenvalue weighted by Crippen LogP contribution is -2.50. The van der Waals surface area contributed by atoms with Crippen LogP contribution in [0.4, 0.5) is 4.79 Å². The number of piperazine rings is 1. The van der Waals surface area contributed by atoms with Crippen molar-refractivity contribution < 1.29 is 23.9 Å². The Morgan fingerprint density at radius 2 is 1.73 bits per heavy atom. The average molecular weight is 547 g/mol. The number of para-hydroxylation sites is 1. The van der Waals surface area contributed by atoms with Crippen LogP contribution >= 0.6 is 0 Å². The SMILES string of the molecule is CCOC(=O)N1CCN(C(=O)c2cccc(-c3n[nH]c(C4CCCCN4C(=O)COc4ccccc4)n3)c2)CC1. The fraction of sp³-hybridized carbons (Fsp3) is 0.414. The molecule has 3 aromatic rings. The number of ether oxygens (including phenoxy) is 2. The van der Waals surface area contributed by atoms with Crippen LogP contribution in [0.5, 0.6) is 5.75 Å². The lowest BCUT2D eigenvalue weighted by molar-refractivity contribution is -0.137. The van der Waals surface area contributed by atoms with E-state index in [0.717, 1.165) is 19.3 Å². The molecule has 1 unspecified atom stereocenters. The molecule has 0 bridgehead atoms. The van der Waals surface area contributed by atoms with Gasteiger partial charge in [0.15, 0.2) is 12.4 Å². The van der Waals surface area contributed by atoms with Crippen LogP contribution in [0, 0.1) is 0 Å². The van der Waals surface area contributed by atoms with Gasteiger partial charge in [-0.2, -0.15) is 5.10 Å². The topological polar surface area (TPSA) is 121 Å². The first-order valence-electron chi connectivity index (χ1n) is 13.7. The number of H-pyrrole nitrogens is 1. The first-order valence-corrected chi connectivity index (χ1v) is 13.7. The predicted octanol–water partition coefficient (Wildman–Crippen LogP) is 3.52. The number of hydrogen-bond acceptors (Lipinski definition) is 7. The van der Waals surface area contributed by atoms with E-state index in [1.165, 1.54) is 0 Å². The highest BCUT2D eigenvalue weighted by molar-refractivity contribution is 5.95. The van der Waals surface area contributed by atoms with Crippen LogP contribution in [0.2, 0.25) is 0 Å². The summed E-state index contributed by atoms with van der Waals surface area (Å²) in [6.45, 7) is 4.42. The highest BCUT2D eigenvalue weighted by Crippen LogP contribution is 2.30. The average Bonchev–Trinajstić information content (AvgIpc) is 3.51. The number of nitrogens with one attached hydrogen (secondary N) is 1. The normalized spacial score (nSPS) is 17.4. The molecule has 3 amide bonds. The zero-order chi connectivity index (χ0) is 27.9. The van der Waals surface area contributed by atoms with E-state index in [4.69, 9.17) is 14.5 Å². The molecule has 2 aliphatic rings. The molecule has 0 saturated carbocycles. The number of aromatic nitrogens is 3. The van der Waals surface area contributed by atoms with E-state index >= 15 is 0 Å². The molecule has 1 aromatic heterocycles. The molecule has 2 aliphatic heterocycles. The minimum absolute atomic E-state index is 0.0420. The van der Waals surface area contributed by atoms with Crippen molar-refractivity contribution in [3.8, 4) is 17.1 Å². The summed E-state index contributed by atoms with van der Waals surface area (Å²) in [7, 11) is 0. The molecule has 0 aliphatic carbocycles. The van der Waals surface area contributed by atoms with Gasteiger partial charge >= 0.3 is 6.09 Å². The van der Waals surface area contributed by atoms with E-state index in [9.17, 15) is 14.4 Å². The fourth-order valence-electron chi connectivity index (χ4n) is 5.09. The second kappa shape index (κ2) is 12.6. The Kier molecular flexibility index (Phi) is 8.58. The molecule has 40 heavy (non-hydrogen) atoms. The predicted molar refractivity (Wildman–Crippen MR) is 147 cm³/mol. The molecule has 0 spiro atoms. The smallest absolute Gasteiger partial charge is 0.409 e. The van der Waals surface area contributed by atoms with E-state index in [2.05, 4.69) is 10.2 Å². The molecule has 3 heterocycles. The van der Waals surface area contributed by atoms with Crippen molar-refractivity contribution in [2.45, 2.75) is 32.2 Å². The minimum Gasteiger partial charge on any atom is -0.484 e. The van der Waals surface area contributed by atoms with Crippen LogP contribution < -0.4 is 4.74 Å². The second-order valence-corrected chi connectivity index (χ2v) is 9.80. The van der Waals surface area contributed by atoms with Gasteiger partial charge in [-0.3, -0.25) is 14.7 Å². The molecule has 1 atom stereocenters. The Hall–Kier alpha value is -4.41. The summed E-state index contributed by atoms with van der Waals surface area (Å²) < 4.78 is 10.8. The Bertz CT molecular complexity index is 1320. The molecule has 0 radical (unpaired) electrons. The molecule has 11 nitrogen and oxygen atoms in total. The summed E-state index contributed by atoms with van der Waals surface area (Å²) >= 11 is 0. The minimum atomic E-state index is -0.348. The van der Waals surface area contributed by atoms with Crippen LogP contribution in [0.3, 0.4) is 0 Å². The van der Waals surface area contributed by atoms with Crippen LogP contribution in [0.1, 0.15) is 48.4 Å². The Balaban J connectivity index is 1.24. The van der Waals surface area contributed by atoms with E-state index in [0.29, 0.717) is 67.9 Å². The molecule has 2 saturated heterocycles. The van der Waals surface area contributed by atoms with Crippen LogP contribution in [-0.4, -0.2) is 93.7 Å². The first-order chi connectivity index (χ1) is 19.5. The third-order valence-electron chi connectivity index (χ3n) is 7.21. The molecule has 2 fully saturated rings. The van der Waals surface area contributed by atoms with Gasteiger partial charge in [0, 0.05) is 43.9 Å². The number of rotatable bonds is 7. The van der Waals surface area contributed by atoms with Crippen LogP contribution in [0.25, 0.3) is 11.4 Å². The van der Waals surface area contributed by atoms with Crippen LogP contribution in [0.15, 0.2) is 54.6 Å². The van der Waals surface area contributed by atoms with Crippen molar-refractivity contribution in [1.82, 2.24) is 29.9 Å². The molecule has 2 aromatic carbocycles. The van der Waals surface area contributed by atoms with E-state index in [1.54, 1.807) is 28.9 Å². The van der Waals surface area contributed by atoms with E-state index < -0.39 is 0 Å². The Labute approximate surface area is 233 Å². The number of piperidine rings is 1. The summed E-state index contributed by atoms with van der Waals surface area (Å²) in [5.41, 5.74) is 1.24. The number of likely N-dealkylation sites (tertiary alicyclic amines) is 1. The highest BCUT2D eigenvalue weighted by Gasteiger charge is 2.31. The number of carbonyl (C=O) groups is 3. The number of hydrogen-bond donors (Lipinski definition) is 1. The maximum atomic E-state index is 13.2. The molecular formula is C29H34N6O5. The first kappa shape index (κ1) is 27.2. The van der Waals surface area contributed by atoms with Crippen molar-refractivity contribution in [2.75, 3.05) is 45.9 Å². The van der Waals surface area contributed by atoms with Gasteiger partial charge in [-0.1, -0.05) is 30.3 Å². The van der Waals surface area contributed by atoms with E-state index in [-0.39, 0.29) is 30.6 Å². The molecule has 1 N–H and O–H groups in total. The van der Waals surface area contributed by atoms with Gasteiger partial charge in [0.1, 0.15) is 11.6 Å². The van der Waals surface area contributed by atoms with Gasteiger partial charge in [-0.05, 0) is 50.5 Å². The lowest BCUT2D eigenvalue weighted by atomic mass is 10.0. The van der Waals surface area contributed by atoms with Crippen LogP contribution in [-0.2, 0) is 9.53 Å². The molecule has 5 rings (SSSR count). The largest absolute Gasteiger partial charge is 0.484 e. The quantitative estimate of drug-likeness (QED) is 0.481. The summed E-state index contributed by atoms with van der Waals surface area (Å²) in [5.74, 6) is 1.54. The van der Waals surface area contributed by atoms with Gasteiger partial charge in [0.2, 0.25) is 0 Å². The summed E-state index contributed by atoms with van der Waals surface area (Å²) in [6.07, 6.45) is 2.34.